The molecular formula is C12H13FN2. The normalized spacial score (nSPS) is 17.9. The van der Waals surface area contributed by atoms with Crippen molar-refractivity contribution in [2.45, 2.75) is 25.9 Å². The molecule has 0 saturated heterocycles. The van der Waals surface area contributed by atoms with E-state index in [0.717, 1.165) is 30.6 Å². The maximum Gasteiger partial charge on any atom is 0.123 e. The third kappa shape index (κ3) is 2.00. The molecule has 0 bridgehead atoms. The summed E-state index contributed by atoms with van der Waals surface area (Å²) in [5.74, 6) is -0.171. The van der Waals surface area contributed by atoms with E-state index < -0.39 is 0 Å². The zero-order valence-electron chi connectivity index (χ0n) is 8.70. The minimum absolute atomic E-state index is 0.0665. The minimum Gasteiger partial charge on any atom is -0.284 e. The van der Waals surface area contributed by atoms with Gasteiger partial charge < -0.3 is 0 Å². The molecule has 0 N–H and O–H groups in total. The number of fused-ring (bicyclic) bond motifs is 1. The molecule has 15 heavy (non-hydrogen) atoms. The van der Waals surface area contributed by atoms with Crippen LogP contribution in [-0.4, -0.2) is 17.5 Å². The van der Waals surface area contributed by atoms with Crippen molar-refractivity contribution < 1.29 is 4.39 Å². The lowest BCUT2D eigenvalue weighted by Gasteiger charge is -2.30. The third-order valence-electron chi connectivity index (χ3n) is 2.94. The van der Waals surface area contributed by atoms with Gasteiger partial charge in [0.15, 0.2) is 0 Å². The Labute approximate surface area is 88.9 Å². The molecule has 1 aliphatic rings. The molecule has 0 aliphatic carbocycles. The average Bonchev–Trinajstić information content (AvgIpc) is 2.27. The van der Waals surface area contributed by atoms with Crippen LogP contribution < -0.4 is 0 Å². The lowest BCUT2D eigenvalue weighted by Crippen LogP contribution is -2.36. The number of benzene rings is 1. The van der Waals surface area contributed by atoms with Crippen LogP contribution in [0.5, 0.6) is 0 Å². The first-order chi connectivity index (χ1) is 7.20. The van der Waals surface area contributed by atoms with Gasteiger partial charge in [-0.05, 0) is 36.6 Å². The Morgan fingerprint density at radius 2 is 2.27 bits per heavy atom. The molecule has 1 heterocycles. The van der Waals surface area contributed by atoms with Crippen molar-refractivity contribution in [2.75, 3.05) is 6.54 Å². The van der Waals surface area contributed by atoms with Crippen LogP contribution in [0.4, 0.5) is 4.39 Å². The second kappa shape index (κ2) is 4.00. The van der Waals surface area contributed by atoms with Crippen LogP contribution in [0.15, 0.2) is 18.2 Å². The molecule has 78 valence electrons. The summed E-state index contributed by atoms with van der Waals surface area (Å²) in [4.78, 5) is 2.11. The molecule has 1 aromatic rings. The Balaban J connectivity index is 2.21. The lowest BCUT2D eigenvalue weighted by atomic mass is 9.99. The summed E-state index contributed by atoms with van der Waals surface area (Å²) in [7, 11) is 0. The maximum absolute atomic E-state index is 13.0. The standard InChI is InChI=1S/C12H13FN2/c1-9(7-14)15-5-4-10-6-12(13)3-2-11(10)8-15/h2-3,6,9H,4-5,8H2,1H3/t9-/m1/s1. The molecule has 2 nitrogen and oxygen atoms in total. The van der Waals surface area contributed by atoms with E-state index in [1.54, 1.807) is 6.07 Å². The zero-order valence-corrected chi connectivity index (χ0v) is 8.70. The molecular weight excluding hydrogens is 191 g/mol. The number of hydrogen-bond donors (Lipinski definition) is 0. The van der Waals surface area contributed by atoms with E-state index in [0.29, 0.717) is 0 Å². The van der Waals surface area contributed by atoms with Crippen molar-refractivity contribution >= 4 is 0 Å². The first-order valence-corrected chi connectivity index (χ1v) is 5.11. The summed E-state index contributed by atoms with van der Waals surface area (Å²) < 4.78 is 13.0. The van der Waals surface area contributed by atoms with E-state index in [9.17, 15) is 4.39 Å². The predicted molar refractivity (Wildman–Crippen MR) is 55.6 cm³/mol. The van der Waals surface area contributed by atoms with Crippen molar-refractivity contribution in [3.8, 4) is 6.07 Å². The number of nitriles is 1. The molecule has 0 saturated carbocycles. The Morgan fingerprint density at radius 3 is 3.00 bits per heavy atom. The van der Waals surface area contributed by atoms with Gasteiger partial charge in [-0.2, -0.15) is 5.26 Å². The fourth-order valence-electron chi connectivity index (χ4n) is 1.96. The summed E-state index contributed by atoms with van der Waals surface area (Å²) in [6.45, 7) is 3.49. The average molecular weight is 204 g/mol. The summed E-state index contributed by atoms with van der Waals surface area (Å²) >= 11 is 0. The highest BCUT2D eigenvalue weighted by Crippen LogP contribution is 2.21. The Hall–Kier alpha value is -1.40. The zero-order chi connectivity index (χ0) is 10.8. The Morgan fingerprint density at radius 1 is 1.47 bits per heavy atom. The quantitative estimate of drug-likeness (QED) is 0.700. The van der Waals surface area contributed by atoms with Crippen molar-refractivity contribution in [3.63, 3.8) is 0 Å². The van der Waals surface area contributed by atoms with Crippen molar-refractivity contribution in [3.05, 3.63) is 35.1 Å². The maximum atomic E-state index is 13.0. The van der Waals surface area contributed by atoms with Crippen molar-refractivity contribution in [1.82, 2.24) is 4.90 Å². The molecule has 3 heteroatoms. The fourth-order valence-corrected chi connectivity index (χ4v) is 1.96. The molecule has 0 aromatic heterocycles. The fraction of sp³-hybridized carbons (Fsp3) is 0.417. The molecule has 0 spiro atoms. The number of nitrogens with zero attached hydrogens (tertiary/aromatic N) is 2. The van der Waals surface area contributed by atoms with Gasteiger partial charge in [0.2, 0.25) is 0 Å². The van der Waals surface area contributed by atoms with E-state index in [1.807, 2.05) is 13.0 Å². The van der Waals surface area contributed by atoms with Gasteiger partial charge in [-0.3, -0.25) is 4.90 Å². The molecule has 2 rings (SSSR count). The highest BCUT2D eigenvalue weighted by Gasteiger charge is 2.20. The van der Waals surface area contributed by atoms with Gasteiger partial charge in [0, 0.05) is 13.1 Å². The number of hydrogen-bond acceptors (Lipinski definition) is 2. The lowest BCUT2D eigenvalue weighted by molar-refractivity contribution is 0.226. The molecule has 0 fully saturated rings. The van der Waals surface area contributed by atoms with Crippen molar-refractivity contribution in [1.29, 1.82) is 5.26 Å². The number of halogens is 1. The first kappa shape index (κ1) is 10.1. The molecule has 0 unspecified atom stereocenters. The summed E-state index contributed by atoms with van der Waals surface area (Å²) in [5.41, 5.74) is 2.22. The van der Waals surface area contributed by atoms with Gasteiger partial charge >= 0.3 is 0 Å². The third-order valence-corrected chi connectivity index (χ3v) is 2.94. The van der Waals surface area contributed by atoms with E-state index >= 15 is 0 Å². The molecule has 1 atom stereocenters. The molecule has 1 aliphatic heterocycles. The molecule has 1 aromatic carbocycles. The van der Waals surface area contributed by atoms with E-state index in [-0.39, 0.29) is 11.9 Å². The highest BCUT2D eigenvalue weighted by molar-refractivity contribution is 5.30. The van der Waals surface area contributed by atoms with Crippen LogP contribution in [0.1, 0.15) is 18.1 Å². The van der Waals surface area contributed by atoms with E-state index in [4.69, 9.17) is 5.26 Å². The van der Waals surface area contributed by atoms with E-state index in [2.05, 4.69) is 11.0 Å². The van der Waals surface area contributed by atoms with Gasteiger partial charge in [-0.15, -0.1) is 0 Å². The van der Waals surface area contributed by atoms with E-state index in [1.165, 1.54) is 6.07 Å². The monoisotopic (exact) mass is 204 g/mol. The van der Waals surface area contributed by atoms with Crippen molar-refractivity contribution in [2.24, 2.45) is 0 Å². The van der Waals surface area contributed by atoms with Crippen LogP contribution in [0.25, 0.3) is 0 Å². The second-order valence-electron chi connectivity index (χ2n) is 3.94. The summed E-state index contributed by atoms with van der Waals surface area (Å²) in [6, 6.07) is 7.07. The van der Waals surface area contributed by atoms with Crippen LogP contribution in [0.3, 0.4) is 0 Å². The topological polar surface area (TPSA) is 27.0 Å². The molecule has 0 radical (unpaired) electrons. The summed E-state index contributed by atoms with van der Waals surface area (Å²) in [6.07, 6.45) is 0.832. The van der Waals surface area contributed by atoms with Gasteiger partial charge in [0.05, 0.1) is 12.1 Å². The van der Waals surface area contributed by atoms with Crippen LogP contribution in [-0.2, 0) is 13.0 Å². The van der Waals surface area contributed by atoms with Crippen LogP contribution in [0, 0.1) is 17.1 Å². The smallest absolute Gasteiger partial charge is 0.123 e. The number of rotatable bonds is 1. The Bertz CT molecular complexity index is 409. The first-order valence-electron chi connectivity index (χ1n) is 5.11. The largest absolute Gasteiger partial charge is 0.284 e. The second-order valence-corrected chi connectivity index (χ2v) is 3.94. The predicted octanol–water partition coefficient (Wildman–Crippen LogP) is 2.10. The van der Waals surface area contributed by atoms with Gasteiger partial charge in [-0.1, -0.05) is 6.07 Å². The summed E-state index contributed by atoms with van der Waals surface area (Å²) in [5, 5.41) is 8.83. The molecule has 0 amide bonds. The minimum atomic E-state index is -0.171. The van der Waals surface area contributed by atoms with Gasteiger partial charge in [-0.25, -0.2) is 4.39 Å². The Kier molecular flexibility index (Phi) is 2.70. The van der Waals surface area contributed by atoms with Gasteiger partial charge in [0.25, 0.3) is 0 Å². The SMILES string of the molecule is C[C@H](C#N)N1CCc2cc(F)ccc2C1. The van der Waals surface area contributed by atoms with Crippen LogP contribution >= 0.6 is 0 Å². The van der Waals surface area contributed by atoms with Gasteiger partial charge in [0.1, 0.15) is 5.82 Å². The van der Waals surface area contributed by atoms with Crippen LogP contribution in [0.2, 0.25) is 0 Å². The highest BCUT2D eigenvalue weighted by atomic mass is 19.1.